The number of rotatable bonds is 6. The predicted molar refractivity (Wildman–Crippen MR) is 78.7 cm³/mol. The third kappa shape index (κ3) is 7.28. The van der Waals surface area contributed by atoms with Crippen molar-refractivity contribution in [2.24, 2.45) is 5.73 Å². The van der Waals surface area contributed by atoms with E-state index in [1.165, 1.54) is 0 Å². The number of nitrogens with two attached hydrogens (primary N) is 1. The summed E-state index contributed by atoms with van der Waals surface area (Å²) in [4.78, 5) is 22.3. The molecule has 106 valence electrons. The summed E-state index contributed by atoms with van der Waals surface area (Å²) in [6.07, 6.45) is 1.23. The van der Waals surface area contributed by atoms with Crippen molar-refractivity contribution in [2.45, 2.75) is 12.8 Å². The lowest BCUT2D eigenvalue weighted by molar-refractivity contribution is -0.116. The number of amides is 3. The van der Waals surface area contributed by atoms with Crippen LogP contribution < -0.4 is 21.7 Å². The molecule has 0 unspecified atom stereocenters. The summed E-state index contributed by atoms with van der Waals surface area (Å²) >= 11 is 0. The van der Waals surface area contributed by atoms with Gasteiger partial charge in [-0.05, 0) is 38.2 Å². The number of hydrogen-bond acceptors (Lipinski definition) is 3. The van der Waals surface area contributed by atoms with E-state index in [1.807, 2.05) is 7.05 Å². The van der Waals surface area contributed by atoms with E-state index < -0.39 is 6.03 Å². The number of benzene rings is 1. The van der Waals surface area contributed by atoms with Crippen LogP contribution in [0.5, 0.6) is 0 Å². The molecule has 0 aliphatic heterocycles. The van der Waals surface area contributed by atoms with E-state index in [4.69, 9.17) is 5.73 Å². The van der Waals surface area contributed by atoms with Crippen LogP contribution in [0.1, 0.15) is 12.8 Å². The Hall–Kier alpha value is -1.79. The number of halogens is 1. The summed E-state index contributed by atoms with van der Waals surface area (Å²) in [6.45, 7) is 0.802. The Kier molecular flexibility index (Phi) is 8.32. The molecule has 1 aromatic carbocycles. The second-order valence-electron chi connectivity index (χ2n) is 3.83. The summed E-state index contributed by atoms with van der Waals surface area (Å²) in [5.74, 6) is -0.0542. The molecule has 0 spiro atoms. The Bertz CT molecular complexity index is 426. The predicted octanol–water partition coefficient (Wildman–Crippen LogP) is 1.54. The van der Waals surface area contributed by atoms with E-state index in [0.717, 1.165) is 13.0 Å². The monoisotopic (exact) mass is 286 g/mol. The van der Waals surface area contributed by atoms with Gasteiger partial charge in [0, 0.05) is 17.8 Å². The number of nitrogens with one attached hydrogen (secondary N) is 3. The summed E-state index contributed by atoms with van der Waals surface area (Å²) < 4.78 is 0. The molecule has 1 aromatic rings. The van der Waals surface area contributed by atoms with Crippen molar-refractivity contribution in [3.05, 3.63) is 24.3 Å². The molecule has 0 radical (unpaired) electrons. The van der Waals surface area contributed by atoms with Crippen molar-refractivity contribution < 1.29 is 9.59 Å². The third-order valence-electron chi connectivity index (χ3n) is 2.24. The maximum absolute atomic E-state index is 11.6. The first kappa shape index (κ1) is 17.2. The fourth-order valence-corrected chi connectivity index (χ4v) is 1.47. The zero-order chi connectivity index (χ0) is 13.4. The van der Waals surface area contributed by atoms with Crippen LogP contribution in [-0.4, -0.2) is 25.5 Å². The highest BCUT2D eigenvalue weighted by Crippen LogP contribution is 2.15. The second kappa shape index (κ2) is 9.18. The minimum Gasteiger partial charge on any atom is -0.351 e. The largest absolute Gasteiger partial charge is 0.351 e. The fraction of sp³-hybridized carbons (Fsp3) is 0.333. The van der Waals surface area contributed by atoms with Gasteiger partial charge in [-0.15, -0.1) is 12.4 Å². The topological polar surface area (TPSA) is 96.2 Å². The van der Waals surface area contributed by atoms with Gasteiger partial charge in [0.25, 0.3) is 0 Å². The minimum atomic E-state index is -0.632. The lowest BCUT2D eigenvalue weighted by atomic mass is 10.2. The van der Waals surface area contributed by atoms with Crippen molar-refractivity contribution in [3.8, 4) is 0 Å². The summed E-state index contributed by atoms with van der Waals surface area (Å²) in [7, 11) is 1.84. The van der Waals surface area contributed by atoms with Crippen molar-refractivity contribution in [1.82, 2.24) is 5.32 Å². The first-order chi connectivity index (χ1) is 8.61. The smallest absolute Gasteiger partial charge is 0.316 e. The summed E-state index contributed by atoms with van der Waals surface area (Å²) in [5.41, 5.74) is 6.20. The zero-order valence-corrected chi connectivity index (χ0v) is 11.5. The minimum absolute atomic E-state index is 0. The van der Waals surface area contributed by atoms with Gasteiger partial charge in [-0.1, -0.05) is 6.07 Å². The third-order valence-corrected chi connectivity index (χ3v) is 2.24. The number of carbonyl (C=O) groups excluding carboxylic acids is 2. The quantitative estimate of drug-likeness (QED) is 0.597. The molecule has 0 aliphatic rings. The molecule has 19 heavy (non-hydrogen) atoms. The van der Waals surface area contributed by atoms with E-state index in [1.54, 1.807) is 24.3 Å². The van der Waals surface area contributed by atoms with Crippen LogP contribution in [0.2, 0.25) is 0 Å². The molecule has 5 N–H and O–H groups in total. The lowest BCUT2D eigenvalue weighted by Crippen LogP contribution is -2.19. The lowest BCUT2D eigenvalue weighted by Gasteiger charge is -2.07. The molecule has 0 heterocycles. The molecular formula is C12H19ClN4O2. The van der Waals surface area contributed by atoms with Gasteiger partial charge in [-0.3, -0.25) is 4.79 Å². The maximum Gasteiger partial charge on any atom is 0.316 e. The SMILES string of the molecule is CNCCCC(=O)Nc1cccc(NC(N)=O)c1.Cl. The summed E-state index contributed by atoms with van der Waals surface area (Å²) in [6, 6.07) is 6.20. The molecule has 1 rings (SSSR count). The first-order valence-corrected chi connectivity index (χ1v) is 5.73. The molecule has 3 amide bonds. The van der Waals surface area contributed by atoms with Crippen LogP contribution in [0.25, 0.3) is 0 Å². The van der Waals surface area contributed by atoms with E-state index in [-0.39, 0.29) is 18.3 Å². The molecule has 0 saturated carbocycles. The van der Waals surface area contributed by atoms with Gasteiger partial charge in [0.1, 0.15) is 0 Å². The highest BCUT2D eigenvalue weighted by Gasteiger charge is 2.03. The van der Waals surface area contributed by atoms with Crippen molar-refractivity contribution in [2.75, 3.05) is 24.2 Å². The Morgan fingerprint density at radius 2 is 1.84 bits per heavy atom. The van der Waals surface area contributed by atoms with Crippen molar-refractivity contribution in [3.63, 3.8) is 0 Å². The highest BCUT2D eigenvalue weighted by atomic mass is 35.5. The van der Waals surface area contributed by atoms with Gasteiger partial charge in [-0.2, -0.15) is 0 Å². The Balaban J connectivity index is 0.00000324. The van der Waals surface area contributed by atoms with E-state index in [0.29, 0.717) is 17.8 Å². The molecule has 0 aromatic heterocycles. The van der Waals surface area contributed by atoms with Gasteiger partial charge in [0.15, 0.2) is 0 Å². The van der Waals surface area contributed by atoms with Gasteiger partial charge in [0.05, 0.1) is 0 Å². The van der Waals surface area contributed by atoms with Crippen LogP contribution in [0.3, 0.4) is 0 Å². The van der Waals surface area contributed by atoms with E-state index in [2.05, 4.69) is 16.0 Å². The maximum atomic E-state index is 11.6. The van der Waals surface area contributed by atoms with Crippen LogP contribution in [-0.2, 0) is 4.79 Å². The molecule has 6 nitrogen and oxygen atoms in total. The molecular weight excluding hydrogens is 268 g/mol. The number of anilines is 2. The van der Waals surface area contributed by atoms with Crippen molar-refractivity contribution >= 4 is 35.7 Å². The van der Waals surface area contributed by atoms with Gasteiger partial charge < -0.3 is 21.7 Å². The van der Waals surface area contributed by atoms with E-state index in [9.17, 15) is 9.59 Å². The normalized spacial score (nSPS) is 9.32. The Morgan fingerprint density at radius 1 is 1.21 bits per heavy atom. The van der Waals surface area contributed by atoms with Crippen LogP contribution >= 0.6 is 12.4 Å². The standard InChI is InChI=1S/C12H18N4O2.ClH/c1-14-7-3-6-11(17)15-9-4-2-5-10(8-9)16-12(13)18;/h2,4-5,8,14H,3,6-7H2,1H3,(H,15,17)(H3,13,16,18);1H. The average Bonchev–Trinajstić information content (AvgIpc) is 2.28. The average molecular weight is 287 g/mol. The first-order valence-electron chi connectivity index (χ1n) is 5.73. The molecule has 0 atom stereocenters. The number of carbonyl (C=O) groups is 2. The van der Waals surface area contributed by atoms with Crippen LogP contribution in [0, 0.1) is 0 Å². The van der Waals surface area contributed by atoms with Crippen LogP contribution in [0.4, 0.5) is 16.2 Å². The second-order valence-corrected chi connectivity index (χ2v) is 3.83. The van der Waals surface area contributed by atoms with Crippen molar-refractivity contribution in [1.29, 1.82) is 0 Å². The molecule has 7 heteroatoms. The zero-order valence-electron chi connectivity index (χ0n) is 10.7. The molecule has 0 saturated heterocycles. The fourth-order valence-electron chi connectivity index (χ4n) is 1.47. The van der Waals surface area contributed by atoms with Gasteiger partial charge in [0.2, 0.25) is 5.91 Å². The van der Waals surface area contributed by atoms with E-state index >= 15 is 0 Å². The number of urea groups is 1. The Labute approximate surface area is 118 Å². The highest BCUT2D eigenvalue weighted by molar-refractivity contribution is 5.93. The molecule has 0 aliphatic carbocycles. The van der Waals surface area contributed by atoms with Crippen LogP contribution in [0.15, 0.2) is 24.3 Å². The van der Waals surface area contributed by atoms with Gasteiger partial charge >= 0.3 is 6.03 Å². The molecule has 0 fully saturated rings. The van der Waals surface area contributed by atoms with Gasteiger partial charge in [-0.25, -0.2) is 4.79 Å². The summed E-state index contributed by atoms with van der Waals surface area (Å²) in [5, 5.41) is 8.18. The number of primary amides is 1. The molecule has 0 bridgehead atoms. The number of hydrogen-bond donors (Lipinski definition) is 4. The Morgan fingerprint density at radius 3 is 2.42 bits per heavy atom.